The molecule has 0 saturated carbocycles. The maximum Gasteiger partial charge on any atom is 0.387 e. The molecule has 2 aliphatic rings. The highest BCUT2D eigenvalue weighted by atomic mass is 19.3. The number of pyridine rings is 2. The SMILES string of the molecule is NC1CC(c2ccccc2OC(F)F)c2c1nc1cc(F)c(-c3ccc(C4CCOCC4)nc3)cn21. The van der Waals surface area contributed by atoms with E-state index in [1.807, 2.05) is 16.5 Å². The van der Waals surface area contributed by atoms with Crippen LogP contribution in [0.15, 0.2) is 54.9 Å². The molecule has 0 radical (unpaired) electrons. The molecule has 0 spiro atoms. The van der Waals surface area contributed by atoms with Gasteiger partial charge in [-0.2, -0.15) is 8.78 Å². The van der Waals surface area contributed by atoms with Gasteiger partial charge in [0.15, 0.2) is 0 Å². The third-order valence-corrected chi connectivity index (χ3v) is 7.19. The molecule has 3 aromatic heterocycles. The summed E-state index contributed by atoms with van der Waals surface area (Å²) >= 11 is 0. The second kappa shape index (κ2) is 9.22. The minimum absolute atomic E-state index is 0.0998. The van der Waals surface area contributed by atoms with Crippen LogP contribution in [-0.2, 0) is 4.74 Å². The Balaban J connectivity index is 1.41. The summed E-state index contributed by atoms with van der Waals surface area (Å²) in [6, 6.07) is 11.5. The molecule has 2 N–H and O–H groups in total. The lowest BCUT2D eigenvalue weighted by Gasteiger charge is -2.21. The molecule has 0 bridgehead atoms. The molecule has 6 rings (SSSR count). The van der Waals surface area contributed by atoms with Crippen molar-refractivity contribution < 1.29 is 22.6 Å². The molecule has 1 aliphatic carbocycles. The van der Waals surface area contributed by atoms with Gasteiger partial charge in [0.2, 0.25) is 0 Å². The molecule has 36 heavy (non-hydrogen) atoms. The van der Waals surface area contributed by atoms with E-state index in [4.69, 9.17) is 15.2 Å². The predicted octanol–water partition coefficient (Wildman–Crippen LogP) is 5.57. The number of para-hydroxylation sites is 1. The number of aromatic nitrogens is 3. The van der Waals surface area contributed by atoms with Gasteiger partial charge in [0.1, 0.15) is 17.2 Å². The molecule has 6 nitrogen and oxygen atoms in total. The van der Waals surface area contributed by atoms with E-state index in [1.54, 1.807) is 30.6 Å². The largest absolute Gasteiger partial charge is 0.435 e. The Morgan fingerprint density at radius 1 is 1.11 bits per heavy atom. The molecule has 1 aromatic carbocycles. The standard InChI is InChI=1S/C27H25F3N4O2/c28-20-12-24-33-25-21(31)11-18(17-3-1-2-4-23(17)36-27(29)30)26(25)34(24)14-19(20)16-5-6-22(32-13-16)15-7-9-35-10-8-15/h1-6,12-15,18,21,27H,7-11,31H2. The van der Waals surface area contributed by atoms with E-state index in [0.717, 1.165) is 37.4 Å². The Morgan fingerprint density at radius 2 is 1.92 bits per heavy atom. The van der Waals surface area contributed by atoms with Gasteiger partial charge in [0, 0.05) is 71.9 Å². The highest BCUT2D eigenvalue weighted by Crippen LogP contribution is 2.46. The van der Waals surface area contributed by atoms with E-state index in [2.05, 4.69) is 9.97 Å². The van der Waals surface area contributed by atoms with Crippen LogP contribution < -0.4 is 10.5 Å². The van der Waals surface area contributed by atoms with Crippen molar-refractivity contribution in [2.75, 3.05) is 13.2 Å². The molecule has 186 valence electrons. The highest BCUT2D eigenvalue weighted by molar-refractivity contribution is 5.66. The van der Waals surface area contributed by atoms with Crippen molar-refractivity contribution in [3.05, 3.63) is 83.3 Å². The number of hydrogen-bond acceptors (Lipinski definition) is 5. The van der Waals surface area contributed by atoms with Crippen LogP contribution in [0.2, 0.25) is 0 Å². The fourth-order valence-corrected chi connectivity index (χ4v) is 5.46. The number of rotatable bonds is 5. The van der Waals surface area contributed by atoms with E-state index < -0.39 is 18.5 Å². The van der Waals surface area contributed by atoms with E-state index in [0.29, 0.717) is 40.4 Å². The normalized spacial score (nSPS) is 20.2. The third-order valence-electron chi connectivity index (χ3n) is 7.19. The quantitative estimate of drug-likeness (QED) is 0.393. The average molecular weight is 495 g/mol. The Morgan fingerprint density at radius 3 is 2.67 bits per heavy atom. The Labute approximate surface area is 205 Å². The number of benzene rings is 1. The van der Waals surface area contributed by atoms with Crippen LogP contribution in [0.3, 0.4) is 0 Å². The van der Waals surface area contributed by atoms with Gasteiger partial charge in [-0.1, -0.05) is 24.3 Å². The first kappa shape index (κ1) is 23.0. The molecular formula is C27H25F3N4O2. The summed E-state index contributed by atoms with van der Waals surface area (Å²) in [6.07, 6.45) is 5.72. The lowest BCUT2D eigenvalue weighted by molar-refractivity contribution is -0.0505. The summed E-state index contributed by atoms with van der Waals surface area (Å²) < 4.78 is 53.4. The maximum atomic E-state index is 15.2. The van der Waals surface area contributed by atoms with Crippen LogP contribution in [0.1, 0.15) is 59.8 Å². The number of nitrogens with two attached hydrogens (primary N) is 1. The number of hydrogen-bond donors (Lipinski definition) is 1. The number of alkyl halides is 2. The smallest absolute Gasteiger partial charge is 0.387 e. The second-order valence-electron chi connectivity index (χ2n) is 9.32. The van der Waals surface area contributed by atoms with Crippen molar-refractivity contribution in [3.8, 4) is 16.9 Å². The minimum Gasteiger partial charge on any atom is -0.435 e. The summed E-state index contributed by atoms with van der Waals surface area (Å²) in [6.45, 7) is -1.50. The summed E-state index contributed by atoms with van der Waals surface area (Å²) in [5, 5.41) is 0. The van der Waals surface area contributed by atoms with Crippen molar-refractivity contribution in [1.82, 2.24) is 14.4 Å². The molecule has 2 atom stereocenters. The summed E-state index contributed by atoms with van der Waals surface area (Å²) in [5.41, 5.74) is 10.8. The van der Waals surface area contributed by atoms with E-state index in [1.165, 1.54) is 12.1 Å². The van der Waals surface area contributed by atoms with Crippen LogP contribution >= 0.6 is 0 Å². The summed E-state index contributed by atoms with van der Waals surface area (Å²) in [7, 11) is 0. The molecule has 4 aromatic rings. The first-order chi connectivity index (χ1) is 17.5. The number of halogens is 3. The molecule has 2 unspecified atom stereocenters. The zero-order valence-electron chi connectivity index (χ0n) is 19.4. The van der Waals surface area contributed by atoms with Crippen LogP contribution in [0, 0.1) is 5.82 Å². The van der Waals surface area contributed by atoms with Crippen LogP contribution in [0.5, 0.6) is 5.75 Å². The Kier molecular flexibility index (Phi) is 5.89. The Hall–Kier alpha value is -3.43. The monoisotopic (exact) mass is 494 g/mol. The predicted molar refractivity (Wildman–Crippen MR) is 128 cm³/mol. The van der Waals surface area contributed by atoms with E-state index in [9.17, 15) is 8.78 Å². The lowest BCUT2D eigenvalue weighted by Crippen LogP contribution is -2.15. The molecule has 4 heterocycles. The van der Waals surface area contributed by atoms with Gasteiger partial charge in [-0.25, -0.2) is 9.37 Å². The molecular weight excluding hydrogens is 469 g/mol. The highest BCUT2D eigenvalue weighted by Gasteiger charge is 2.36. The zero-order chi connectivity index (χ0) is 24.8. The number of fused-ring (bicyclic) bond motifs is 3. The van der Waals surface area contributed by atoms with E-state index >= 15 is 4.39 Å². The third kappa shape index (κ3) is 4.02. The van der Waals surface area contributed by atoms with Gasteiger partial charge < -0.3 is 19.6 Å². The zero-order valence-corrected chi connectivity index (χ0v) is 19.4. The van der Waals surface area contributed by atoms with Crippen LogP contribution in [0.25, 0.3) is 16.8 Å². The first-order valence-corrected chi connectivity index (χ1v) is 12.0. The van der Waals surface area contributed by atoms with Gasteiger partial charge in [0.25, 0.3) is 0 Å². The maximum absolute atomic E-state index is 15.2. The summed E-state index contributed by atoms with van der Waals surface area (Å²) in [4.78, 5) is 9.21. The van der Waals surface area contributed by atoms with Gasteiger partial charge in [-0.3, -0.25) is 4.98 Å². The van der Waals surface area contributed by atoms with Crippen molar-refractivity contribution in [2.45, 2.75) is 43.8 Å². The molecule has 1 aliphatic heterocycles. The van der Waals surface area contributed by atoms with Gasteiger partial charge >= 0.3 is 6.61 Å². The van der Waals surface area contributed by atoms with Crippen molar-refractivity contribution in [3.63, 3.8) is 0 Å². The average Bonchev–Trinajstić information content (AvgIpc) is 3.41. The lowest BCUT2D eigenvalue weighted by atomic mass is 9.95. The van der Waals surface area contributed by atoms with Crippen LogP contribution in [-0.4, -0.2) is 34.2 Å². The van der Waals surface area contributed by atoms with Gasteiger partial charge in [0.05, 0.1) is 11.4 Å². The van der Waals surface area contributed by atoms with Gasteiger partial charge in [-0.05, 0) is 31.4 Å². The summed E-state index contributed by atoms with van der Waals surface area (Å²) in [5.74, 6) is -0.303. The number of nitrogens with zero attached hydrogens (tertiary/aromatic N) is 3. The van der Waals surface area contributed by atoms with Crippen molar-refractivity contribution in [1.29, 1.82) is 0 Å². The number of imidazole rings is 1. The second-order valence-corrected chi connectivity index (χ2v) is 9.32. The van der Waals surface area contributed by atoms with Gasteiger partial charge in [-0.15, -0.1) is 0 Å². The first-order valence-electron chi connectivity index (χ1n) is 12.0. The number of ether oxygens (including phenoxy) is 2. The molecule has 0 amide bonds. The Bertz CT molecular complexity index is 1400. The minimum atomic E-state index is -2.94. The molecule has 1 fully saturated rings. The van der Waals surface area contributed by atoms with Crippen LogP contribution in [0.4, 0.5) is 13.2 Å². The van der Waals surface area contributed by atoms with Crippen molar-refractivity contribution in [2.24, 2.45) is 5.73 Å². The topological polar surface area (TPSA) is 74.7 Å². The van der Waals surface area contributed by atoms with Crippen molar-refractivity contribution >= 4 is 5.65 Å². The fourth-order valence-electron chi connectivity index (χ4n) is 5.46. The molecule has 9 heteroatoms. The fraction of sp³-hybridized carbons (Fsp3) is 0.333. The van der Waals surface area contributed by atoms with E-state index in [-0.39, 0.29) is 11.7 Å². The molecule has 1 saturated heterocycles.